The van der Waals surface area contributed by atoms with Crippen molar-refractivity contribution >= 4 is 17.5 Å². The van der Waals surface area contributed by atoms with Gasteiger partial charge in [0.2, 0.25) is 0 Å². The van der Waals surface area contributed by atoms with Crippen molar-refractivity contribution in [2.24, 2.45) is 0 Å². The maximum absolute atomic E-state index is 12.8. The van der Waals surface area contributed by atoms with Crippen molar-refractivity contribution in [3.05, 3.63) is 69.7 Å². The lowest BCUT2D eigenvalue weighted by atomic mass is 10.0. The third-order valence-corrected chi connectivity index (χ3v) is 4.72. The number of carbonyl (C=O) groups is 1. The number of nitrogens with zero attached hydrogens (tertiary/aromatic N) is 1. The van der Waals surface area contributed by atoms with Gasteiger partial charge in [-0.05, 0) is 36.2 Å². The minimum atomic E-state index is -0.223. The molecule has 2 aromatic rings. The molecule has 0 spiro atoms. The topological polar surface area (TPSA) is 49.8 Å². The second-order valence-corrected chi connectivity index (χ2v) is 6.34. The number of hydrogen-bond acceptors (Lipinski definition) is 3. The highest BCUT2D eigenvalue weighted by molar-refractivity contribution is 6.31. The van der Waals surface area contributed by atoms with Gasteiger partial charge in [0, 0.05) is 22.7 Å². The molecule has 1 heterocycles. The summed E-state index contributed by atoms with van der Waals surface area (Å²) in [5.41, 5.74) is 3.24. The van der Waals surface area contributed by atoms with Crippen molar-refractivity contribution in [3.8, 4) is 0 Å². The van der Waals surface area contributed by atoms with Gasteiger partial charge >= 0.3 is 0 Å². The van der Waals surface area contributed by atoms with Gasteiger partial charge in [0.1, 0.15) is 6.10 Å². The maximum Gasteiger partial charge on any atom is 0.254 e. The van der Waals surface area contributed by atoms with Gasteiger partial charge in [-0.3, -0.25) is 4.79 Å². The first kappa shape index (κ1) is 17.0. The number of hydrogen-bond donors (Lipinski definition) is 1. The molecule has 1 N–H and O–H groups in total. The van der Waals surface area contributed by atoms with Crippen LogP contribution in [-0.4, -0.2) is 35.6 Å². The first-order valence-electron chi connectivity index (χ1n) is 7.96. The quantitative estimate of drug-likeness (QED) is 0.928. The molecular formula is C19H20ClNO3. The molecule has 0 aromatic heterocycles. The second-order valence-electron chi connectivity index (χ2n) is 5.93. The van der Waals surface area contributed by atoms with Crippen molar-refractivity contribution in [2.75, 3.05) is 19.7 Å². The van der Waals surface area contributed by atoms with Crippen LogP contribution in [0.1, 0.15) is 33.2 Å². The Balaban J connectivity index is 1.79. The average molecular weight is 346 g/mol. The second kappa shape index (κ2) is 7.34. The largest absolute Gasteiger partial charge is 0.392 e. The molecule has 4 nitrogen and oxygen atoms in total. The molecule has 1 fully saturated rings. The van der Waals surface area contributed by atoms with Gasteiger partial charge in [-0.15, -0.1) is 0 Å². The molecule has 5 heteroatoms. The van der Waals surface area contributed by atoms with Crippen molar-refractivity contribution in [1.29, 1.82) is 0 Å². The van der Waals surface area contributed by atoms with E-state index < -0.39 is 0 Å². The highest BCUT2D eigenvalue weighted by atomic mass is 35.5. The number of carbonyl (C=O) groups excluding carboxylic acids is 1. The Kier molecular flexibility index (Phi) is 5.19. The smallest absolute Gasteiger partial charge is 0.254 e. The molecule has 0 aliphatic carbocycles. The minimum Gasteiger partial charge on any atom is -0.392 e. The fourth-order valence-electron chi connectivity index (χ4n) is 2.92. The lowest BCUT2D eigenvalue weighted by Gasteiger charge is -2.33. The van der Waals surface area contributed by atoms with E-state index in [2.05, 4.69) is 0 Å². The highest BCUT2D eigenvalue weighted by Crippen LogP contribution is 2.29. The van der Waals surface area contributed by atoms with Crippen LogP contribution in [-0.2, 0) is 11.3 Å². The molecule has 0 radical (unpaired) electrons. The van der Waals surface area contributed by atoms with E-state index in [0.29, 0.717) is 30.3 Å². The van der Waals surface area contributed by atoms with Gasteiger partial charge < -0.3 is 14.7 Å². The molecule has 24 heavy (non-hydrogen) atoms. The Bertz CT molecular complexity index is 747. The van der Waals surface area contributed by atoms with E-state index in [1.807, 2.05) is 37.3 Å². The monoisotopic (exact) mass is 345 g/mol. The number of aliphatic hydroxyl groups is 1. The molecule has 1 amide bonds. The Morgan fingerprint density at radius 3 is 2.88 bits per heavy atom. The average Bonchev–Trinajstić information content (AvgIpc) is 2.62. The SMILES string of the molecule is Cc1ccc(C(=O)N2CCO[C@H](c3ccccc3Cl)C2)cc1CO. The summed E-state index contributed by atoms with van der Waals surface area (Å²) in [5.74, 6) is -0.0509. The predicted octanol–water partition coefficient (Wildman–Crippen LogP) is 3.35. The number of amides is 1. The summed E-state index contributed by atoms with van der Waals surface area (Å²) < 4.78 is 5.81. The maximum atomic E-state index is 12.8. The van der Waals surface area contributed by atoms with Crippen molar-refractivity contribution in [2.45, 2.75) is 19.6 Å². The van der Waals surface area contributed by atoms with E-state index in [9.17, 15) is 9.90 Å². The molecule has 3 rings (SSSR count). The summed E-state index contributed by atoms with van der Waals surface area (Å²) in [7, 11) is 0. The van der Waals surface area contributed by atoms with Crippen molar-refractivity contribution < 1.29 is 14.6 Å². The molecule has 1 saturated heterocycles. The van der Waals surface area contributed by atoms with Crippen LogP contribution < -0.4 is 0 Å². The Hall–Kier alpha value is -1.88. The molecule has 2 aromatic carbocycles. The van der Waals surface area contributed by atoms with Crippen LogP contribution in [0.25, 0.3) is 0 Å². The van der Waals surface area contributed by atoms with Crippen LogP contribution in [0.3, 0.4) is 0 Å². The first-order valence-corrected chi connectivity index (χ1v) is 8.33. The van der Waals surface area contributed by atoms with Crippen LogP contribution in [0, 0.1) is 6.92 Å². The zero-order valence-corrected chi connectivity index (χ0v) is 14.3. The fraction of sp³-hybridized carbons (Fsp3) is 0.316. The van der Waals surface area contributed by atoms with E-state index >= 15 is 0 Å². The van der Waals surface area contributed by atoms with Gasteiger partial charge in [-0.25, -0.2) is 0 Å². The molecule has 1 atom stereocenters. The number of morpholine rings is 1. The summed E-state index contributed by atoms with van der Waals surface area (Å²) >= 11 is 6.25. The number of halogens is 1. The Morgan fingerprint density at radius 1 is 1.33 bits per heavy atom. The standard InChI is InChI=1S/C19H20ClNO3/c1-13-6-7-14(10-15(13)12-22)19(23)21-8-9-24-18(11-21)16-4-2-3-5-17(16)20/h2-7,10,18,22H,8-9,11-12H2,1H3/t18-/m0/s1. The summed E-state index contributed by atoms with van der Waals surface area (Å²) in [6, 6.07) is 13.0. The number of ether oxygens (including phenoxy) is 1. The third kappa shape index (κ3) is 3.46. The summed E-state index contributed by atoms with van der Waals surface area (Å²) in [6.45, 7) is 3.33. The molecule has 0 saturated carbocycles. The molecule has 0 bridgehead atoms. The summed E-state index contributed by atoms with van der Waals surface area (Å²) in [6.07, 6.45) is -0.223. The molecule has 1 aliphatic rings. The number of rotatable bonds is 3. The lowest BCUT2D eigenvalue weighted by Crippen LogP contribution is -2.42. The van der Waals surface area contributed by atoms with E-state index in [0.717, 1.165) is 16.7 Å². The van der Waals surface area contributed by atoms with Crippen molar-refractivity contribution in [3.63, 3.8) is 0 Å². The third-order valence-electron chi connectivity index (χ3n) is 4.37. The van der Waals surface area contributed by atoms with Gasteiger partial charge in [-0.1, -0.05) is 35.9 Å². The van der Waals surface area contributed by atoms with Gasteiger partial charge in [0.15, 0.2) is 0 Å². The van der Waals surface area contributed by atoms with E-state index in [1.54, 1.807) is 17.0 Å². The molecule has 126 valence electrons. The molecule has 0 unspecified atom stereocenters. The Morgan fingerprint density at radius 2 is 2.12 bits per heavy atom. The highest BCUT2D eigenvalue weighted by Gasteiger charge is 2.27. The zero-order valence-electron chi connectivity index (χ0n) is 13.5. The molecular weight excluding hydrogens is 326 g/mol. The van der Waals surface area contributed by atoms with E-state index in [1.165, 1.54) is 0 Å². The van der Waals surface area contributed by atoms with Gasteiger partial charge in [0.05, 0.1) is 19.8 Å². The first-order chi connectivity index (χ1) is 11.6. The van der Waals surface area contributed by atoms with Crippen molar-refractivity contribution in [1.82, 2.24) is 4.90 Å². The number of aliphatic hydroxyl groups excluding tert-OH is 1. The van der Waals surface area contributed by atoms with Gasteiger partial charge in [0.25, 0.3) is 5.91 Å². The van der Waals surface area contributed by atoms with Gasteiger partial charge in [-0.2, -0.15) is 0 Å². The Labute approximate surface area is 146 Å². The minimum absolute atomic E-state index is 0.0509. The van der Waals surface area contributed by atoms with Crippen LogP contribution in [0.2, 0.25) is 5.02 Å². The summed E-state index contributed by atoms with van der Waals surface area (Å²) in [4.78, 5) is 14.6. The number of aryl methyl sites for hydroxylation is 1. The summed E-state index contributed by atoms with van der Waals surface area (Å²) in [5, 5.41) is 10.0. The molecule has 1 aliphatic heterocycles. The van der Waals surface area contributed by atoms with Crippen LogP contribution in [0.4, 0.5) is 0 Å². The van der Waals surface area contributed by atoms with Crippen LogP contribution in [0.15, 0.2) is 42.5 Å². The predicted molar refractivity (Wildman–Crippen MR) is 93.2 cm³/mol. The van der Waals surface area contributed by atoms with Crippen LogP contribution >= 0.6 is 11.6 Å². The van der Waals surface area contributed by atoms with E-state index in [-0.39, 0.29) is 18.6 Å². The zero-order chi connectivity index (χ0) is 17.1. The lowest BCUT2D eigenvalue weighted by molar-refractivity contribution is -0.0227. The van der Waals surface area contributed by atoms with E-state index in [4.69, 9.17) is 16.3 Å². The fourth-order valence-corrected chi connectivity index (χ4v) is 3.17. The normalized spacial score (nSPS) is 17.8. The number of benzene rings is 2. The van der Waals surface area contributed by atoms with Crippen LogP contribution in [0.5, 0.6) is 0 Å².